The molecule has 1 aliphatic carbocycles. The van der Waals surface area contributed by atoms with E-state index in [4.69, 9.17) is 39.0 Å². The van der Waals surface area contributed by atoms with Gasteiger partial charge in [-0.15, -0.1) is 0 Å². The van der Waals surface area contributed by atoms with Crippen LogP contribution in [0.2, 0.25) is 5.02 Å². The van der Waals surface area contributed by atoms with Crippen LogP contribution in [0, 0.1) is 6.92 Å². The summed E-state index contributed by atoms with van der Waals surface area (Å²) in [6, 6.07) is 15.8. The maximum atomic E-state index is 12.5. The molecule has 0 radical (unpaired) electrons. The summed E-state index contributed by atoms with van der Waals surface area (Å²) in [6.07, 6.45) is 8.00. The van der Waals surface area contributed by atoms with Crippen LogP contribution in [-0.2, 0) is 9.53 Å². The maximum absolute atomic E-state index is 12.5. The summed E-state index contributed by atoms with van der Waals surface area (Å²) in [4.78, 5) is 24.2. The molecular weight excluding hydrogens is 594 g/mol. The number of pyridine rings is 1. The molecule has 4 aromatic rings. The summed E-state index contributed by atoms with van der Waals surface area (Å²) >= 11 is 12.6. The predicted octanol–water partition coefficient (Wildman–Crippen LogP) is 6.32. The Morgan fingerprint density at radius 1 is 1.11 bits per heavy atom. The third kappa shape index (κ3) is 6.19. The van der Waals surface area contributed by atoms with Crippen LogP contribution in [0.5, 0.6) is 5.75 Å². The monoisotopic (exact) mass is 627 g/mol. The van der Waals surface area contributed by atoms with Gasteiger partial charge in [-0.2, -0.15) is 0 Å². The smallest absolute Gasteiger partial charge is 0.250 e. The first-order chi connectivity index (χ1) is 21.2. The Hall–Kier alpha value is -3.89. The van der Waals surface area contributed by atoms with E-state index in [9.17, 15) is 4.79 Å². The number of allylic oxidation sites excluding steroid dienone is 2. The van der Waals surface area contributed by atoms with Gasteiger partial charge in [0.2, 0.25) is 5.91 Å². The quantitative estimate of drug-likeness (QED) is 0.229. The minimum absolute atomic E-state index is 0.115. The van der Waals surface area contributed by atoms with Crippen molar-refractivity contribution in [3.63, 3.8) is 0 Å². The zero-order chi connectivity index (χ0) is 31.0. The molecule has 1 amide bonds. The first-order valence-corrected chi connectivity index (χ1v) is 15.4. The van der Waals surface area contributed by atoms with Crippen LogP contribution >= 0.6 is 23.8 Å². The molecule has 0 saturated carbocycles. The summed E-state index contributed by atoms with van der Waals surface area (Å²) in [5.74, 6) is 0.0204. The molecule has 10 heteroatoms. The molecule has 1 unspecified atom stereocenters. The van der Waals surface area contributed by atoms with Crippen molar-refractivity contribution >= 4 is 51.3 Å². The molecule has 6 rings (SSSR count). The third-order valence-corrected chi connectivity index (χ3v) is 9.07. The van der Waals surface area contributed by atoms with Crippen LogP contribution in [0.1, 0.15) is 37.1 Å². The number of hydrogen-bond acceptors (Lipinski definition) is 7. The minimum atomic E-state index is -0.702. The van der Waals surface area contributed by atoms with Gasteiger partial charge in [0.25, 0.3) is 0 Å². The number of likely N-dealkylation sites (tertiary alicyclic amines) is 1. The standard InChI is InChI=1S/C34H34ClN5O3S/c1-20-7-8-23(18-37-20)22-9-10-29-28(15-22)38-19-40(29)24-16-27(34(36)41)33(44)31(17-24)42-21(2)26-5-4-6-30(32(26)35)43-25-11-13-39(3)14-12-25/h4-10,15-19,21,25,31H,11-14H2,1-3H3,(H2,36,41)/t21-,31?/m1/s1. The van der Waals surface area contributed by atoms with Crippen LogP contribution in [0.4, 0.5) is 0 Å². The molecule has 3 heterocycles. The van der Waals surface area contributed by atoms with Crippen molar-refractivity contribution in [3.05, 3.63) is 95.1 Å². The number of rotatable bonds is 8. The highest BCUT2D eigenvalue weighted by Gasteiger charge is 2.29. The Balaban J connectivity index is 1.27. The predicted molar refractivity (Wildman–Crippen MR) is 178 cm³/mol. The van der Waals surface area contributed by atoms with Gasteiger partial charge in [0, 0.05) is 41.8 Å². The second-order valence-electron chi connectivity index (χ2n) is 11.4. The van der Waals surface area contributed by atoms with E-state index in [0.29, 0.717) is 21.3 Å². The molecule has 2 atom stereocenters. The van der Waals surface area contributed by atoms with Crippen LogP contribution in [0.25, 0.3) is 27.9 Å². The van der Waals surface area contributed by atoms with Crippen molar-refractivity contribution in [1.29, 1.82) is 0 Å². The molecule has 1 aliphatic heterocycles. The summed E-state index contributed by atoms with van der Waals surface area (Å²) in [5, 5.41) is 0.510. The lowest BCUT2D eigenvalue weighted by Gasteiger charge is -2.30. The van der Waals surface area contributed by atoms with E-state index in [-0.39, 0.29) is 11.7 Å². The average molecular weight is 628 g/mol. The van der Waals surface area contributed by atoms with Gasteiger partial charge in [-0.3, -0.25) is 14.3 Å². The van der Waals surface area contributed by atoms with Crippen molar-refractivity contribution in [2.75, 3.05) is 20.1 Å². The van der Waals surface area contributed by atoms with Crippen molar-refractivity contribution < 1.29 is 14.3 Å². The number of primary amides is 1. The van der Waals surface area contributed by atoms with Gasteiger partial charge in [0.05, 0.1) is 32.6 Å². The van der Waals surface area contributed by atoms with E-state index in [1.807, 2.05) is 79.2 Å². The van der Waals surface area contributed by atoms with Gasteiger partial charge < -0.3 is 20.1 Å². The Bertz CT molecular complexity index is 1790. The molecule has 1 fully saturated rings. The molecule has 0 bridgehead atoms. The summed E-state index contributed by atoms with van der Waals surface area (Å²) < 4.78 is 14.7. The van der Waals surface area contributed by atoms with E-state index < -0.39 is 18.1 Å². The number of ether oxygens (including phenoxy) is 2. The van der Waals surface area contributed by atoms with Gasteiger partial charge in [0.1, 0.15) is 24.3 Å². The lowest BCUT2D eigenvalue weighted by atomic mass is 9.98. The zero-order valence-electron chi connectivity index (χ0n) is 24.9. The highest BCUT2D eigenvalue weighted by atomic mass is 35.5. The second-order valence-corrected chi connectivity index (χ2v) is 12.2. The molecule has 8 nitrogen and oxygen atoms in total. The molecule has 2 aromatic carbocycles. The number of benzene rings is 2. The Labute approximate surface area is 267 Å². The number of fused-ring (bicyclic) bond motifs is 1. The number of nitrogens with two attached hydrogens (primary N) is 1. The number of piperidine rings is 1. The number of hydrogen-bond donors (Lipinski definition) is 1. The largest absolute Gasteiger partial charge is 0.489 e. The zero-order valence-corrected chi connectivity index (χ0v) is 26.4. The number of thiocarbonyl (C=S) groups is 1. The fourth-order valence-corrected chi connectivity index (χ4v) is 6.25. The van der Waals surface area contributed by atoms with Gasteiger partial charge in [-0.25, -0.2) is 4.98 Å². The number of carbonyl (C=O) groups is 1. The molecule has 2 N–H and O–H groups in total. The molecule has 2 aromatic heterocycles. The fraction of sp³-hybridized carbons (Fsp3) is 0.294. The van der Waals surface area contributed by atoms with Crippen molar-refractivity contribution in [3.8, 4) is 16.9 Å². The summed E-state index contributed by atoms with van der Waals surface area (Å²) in [5.41, 5.74) is 12.1. The Kier molecular flexibility index (Phi) is 8.64. The number of halogens is 1. The lowest BCUT2D eigenvalue weighted by molar-refractivity contribution is -0.114. The number of aromatic nitrogens is 3. The number of amides is 1. The molecule has 226 valence electrons. The minimum Gasteiger partial charge on any atom is -0.489 e. The van der Waals surface area contributed by atoms with Crippen LogP contribution < -0.4 is 10.5 Å². The van der Waals surface area contributed by atoms with E-state index in [2.05, 4.69) is 21.9 Å². The van der Waals surface area contributed by atoms with E-state index in [1.165, 1.54) is 0 Å². The van der Waals surface area contributed by atoms with Gasteiger partial charge >= 0.3 is 0 Å². The van der Waals surface area contributed by atoms with Crippen LogP contribution in [-0.4, -0.2) is 62.6 Å². The third-order valence-electron chi connectivity index (χ3n) is 8.21. The number of aryl methyl sites for hydroxylation is 1. The van der Waals surface area contributed by atoms with E-state index in [1.54, 1.807) is 12.4 Å². The van der Waals surface area contributed by atoms with Crippen LogP contribution in [0.3, 0.4) is 0 Å². The molecule has 0 spiro atoms. The van der Waals surface area contributed by atoms with Crippen molar-refractivity contribution in [2.24, 2.45) is 5.73 Å². The highest BCUT2D eigenvalue weighted by molar-refractivity contribution is 7.81. The molecule has 44 heavy (non-hydrogen) atoms. The Morgan fingerprint density at radius 3 is 2.61 bits per heavy atom. The van der Waals surface area contributed by atoms with E-state index in [0.717, 1.165) is 59.3 Å². The van der Waals surface area contributed by atoms with Crippen molar-refractivity contribution in [1.82, 2.24) is 19.4 Å². The first kappa shape index (κ1) is 30.1. The average Bonchev–Trinajstić information content (AvgIpc) is 3.44. The molecule has 2 aliphatic rings. The van der Waals surface area contributed by atoms with E-state index >= 15 is 0 Å². The lowest BCUT2D eigenvalue weighted by Crippen LogP contribution is -2.35. The van der Waals surface area contributed by atoms with Crippen molar-refractivity contribution in [2.45, 2.75) is 45.0 Å². The topological polar surface area (TPSA) is 95.5 Å². The SMILES string of the molecule is Cc1ccc(-c2ccc3c(c2)ncn3C2=CC(O[C@H](C)c3cccc(OC4CCN(C)CC4)c3Cl)C(=S)C(C(N)=O)=C2)cn1. The second kappa shape index (κ2) is 12.6. The van der Waals surface area contributed by atoms with Gasteiger partial charge in [-0.1, -0.05) is 48.1 Å². The summed E-state index contributed by atoms with van der Waals surface area (Å²) in [7, 11) is 2.12. The highest BCUT2D eigenvalue weighted by Crippen LogP contribution is 2.37. The number of imidazole rings is 1. The number of nitrogens with zero attached hydrogens (tertiary/aromatic N) is 4. The van der Waals surface area contributed by atoms with Gasteiger partial charge in [-0.05, 0) is 75.7 Å². The van der Waals surface area contributed by atoms with Crippen LogP contribution in [0.15, 0.2) is 78.8 Å². The summed E-state index contributed by atoms with van der Waals surface area (Å²) in [6.45, 7) is 5.85. The fourth-order valence-electron chi connectivity index (χ4n) is 5.64. The Morgan fingerprint density at radius 2 is 1.89 bits per heavy atom. The molecular formula is C34H34ClN5O3S. The van der Waals surface area contributed by atoms with Gasteiger partial charge in [0.15, 0.2) is 0 Å². The number of carbonyl (C=O) groups excluding carboxylic acids is 1. The maximum Gasteiger partial charge on any atom is 0.250 e. The molecule has 1 saturated heterocycles. The normalized spacial score (nSPS) is 18.6. The first-order valence-electron chi connectivity index (χ1n) is 14.6.